The molecule has 0 rings (SSSR count). The Balaban J connectivity index is 3.50. The first-order chi connectivity index (χ1) is 4.56. The molecule has 0 amide bonds. The molecule has 58 valence electrons. The predicted octanol–water partition coefficient (Wildman–Crippen LogP) is 1.65. The van der Waals surface area contributed by atoms with Gasteiger partial charge in [0.05, 0.1) is 0 Å². The summed E-state index contributed by atoms with van der Waals surface area (Å²) < 4.78 is 0. The third-order valence-corrected chi connectivity index (χ3v) is 0.963. The van der Waals surface area contributed by atoms with Crippen LogP contribution < -0.4 is 5.32 Å². The molecule has 1 nitrogen and oxygen atoms in total. The second kappa shape index (κ2) is 4.35. The van der Waals surface area contributed by atoms with E-state index in [-0.39, 0.29) is 5.41 Å². The van der Waals surface area contributed by atoms with E-state index in [0.717, 1.165) is 13.0 Å². The highest BCUT2D eigenvalue weighted by atomic mass is 14.8. The first-order valence-electron chi connectivity index (χ1n) is 3.71. The zero-order chi connectivity index (χ0) is 8.04. The van der Waals surface area contributed by atoms with Crippen LogP contribution in [0.25, 0.3) is 0 Å². The van der Waals surface area contributed by atoms with Gasteiger partial charge in [0.25, 0.3) is 0 Å². The summed E-state index contributed by atoms with van der Waals surface area (Å²) in [5.74, 6) is 6.28. The number of nitrogens with one attached hydrogen (secondary N) is 1. The van der Waals surface area contributed by atoms with E-state index in [1.54, 1.807) is 0 Å². The molecule has 0 aliphatic heterocycles. The molecule has 0 aliphatic rings. The van der Waals surface area contributed by atoms with Gasteiger partial charge in [-0.1, -0.05) is 5.92 Å². The van der Waals surface area contributed by atoms with Gasteiger partial charge >= 0.3 is 0 Å². The zero-order valence-electron chi connectivity index (χ0n) is 7.41. The lowest BCUT2D eigenvalue weighted by Gasteiger charge is -2.06. The molecule has 0 aromatic carbocycles. The summed E-state index contributed by atoms with van der Waals surface area (Å²) in [6.45, 7) is 7.36. The molecular formula is C9H17N. The fraction of sp³-hybridized carbons (Fsp3) is 0.778. The van der Waals surface area contributed by atoms with Crippen LogP contribution >= 0.6 is 0 Å². The Labute approximate surface area is 64.2 Å². The molecule has 0 fully saturated rings. The van der Waals surface area contributed by atoms with Crippen molar-refractivity contribution in [2.24, 2.45) is 5.41 Å². The average molecular weight is 139 g/mol. The molecule has 1 N–H and O–H groups in total. The quantitative estimate of drug-likeness (QED) is 0.453. The van der Waals surface area contributed by atoms with E-state index in [4.69, 9.17) is 0 Å². The van der Waals surface area contributed by atoms with E-state index in [9.17, 15) is 0 Å². The van der Waals surface area contributed by atoms with Gasteiger partial charge in [-0.3, -0.25) is 0 Å². The van der Waals surface area contributed by atoms with E-state index in [2.05, 4.69) is 37.9 Å². The maximum Gasteiger partial charge on any atom is 0.0230 e. The van der Waals surface area contributed by atoms with Crippen molar-refractivity contribution in [3.05, 3.63) is 0 Å². The van der Waals surface area contributed by atoms with Crippen molar-refractivity contribution in [1.29, 1.82) is 0 Å². The van der Waals surface area contributed by atoms with Crippen LogP contribution in [0.3, 0.4) is 0 Å². The summed E-state index contributed by atoms with van der Waals surface area (Å²) in [5.41, 5.74) is 0.160. The molecule has 0 spiro atoms. The molecule has 0 bridgehead atoms. The summed E-state index contributed by atoms with van der Waals surface area (Å²) >= 11 is 0. The molecule has 0 unspecified atom stereocenters. The first kappa shape index (κ1) is 9.52. The van der Waals surface area contributed by atoms with Gasteiger partial charge in [0, 0.05) is 18.4 Å². The smallest absolute Gasteiger partial charge is 0.0230 e. The van der Waals surface area contributed by atoms with E-state index >= 15 is 0 Å². The van der Waals surface area contributed by atoms with E-state index in [0.29, 0.717) is 0 Å². The monoisotopic (exact) mass is 139 g/mol. The number of rotatable bonds is 2. The van der Waals surface area contributed by atoms with Crippen molar-refractivity contribution in [3.8, 4) is 11.8 Å². The minimum absolute atomic E-state index is 0.160. The largest absolute Gasteiger partial charge is 0.319 e. The van der Waals surface area contributed by atoms with Crippen LogP contribution in [0.15, 0.2) is 0 Å². The van der Waals surface area contributed by atoms with Crippen molar-refractivity contribution < 1.29 is 0 Å². The summed E-state index contributed by atoms with van der Waals surface area (Å²) in [6.07, 6.45) is 0.952. The minimum Gasteiger partial charge on any atom is -0.319 e. The lowest BCUT2D eigenvalue weighted by atomic mass is 9.98. The molecule has 0 saturated carbocycles. The van der Waals surface area contributed by atoms with Gasteiger partial charge in [0.2, 0.25) is 0 Å². The Hall–Kier alpha value is -0.480. The fourth-order valence-corrected chi connectivity index (χ4v) is 0.515. The molecule has 1 heteroatoms. The lowest BCUT2D eigenvalue weighted by Crippen LogP contribution is -2.06. The molecule has 0 heterocycles. The number of hydrogen-bond donors (Lipinski definition) is 1. The maximum absolute atomic E-state index is 3.17. The topological polar surface area (TPSA) is 12.0 Å². The molecule has 0 aromatic heterocycles. The van der Waals surface area contributed by atoms with Gasteiger partial charge in [-0.15, -0.1) is 5.92 Å². The number of hydrogen-bond acceptors (Lipinski definition) is 1. The molecule has 0 radical (unpaired) electrons. The lowest BCUT2D eigenvalue weighted by molar-refractivity contribution is 0.570. The normalized spacial score (nSPS) is 10.4. The highest BCUT2D eigenvalue weighted by Gasteiger charge is 2.02. The van der Waals surface area contributed by atoms with Crippen molar-refractivity contribution in [2.75, 3.05) is 13.6 Å². The van der Waals surface area contributed by atoms with Crippen molar-refractivity contribution in [1.82, 2.24) is 5.32 Å². The van der Waals surface area contributed by atoms with Crippen molar-refractivity contribution in [3.63, 3.8) is 0 Å². The minimum atomic E-state index is 0.160. The fourth-order valence-electron chi connectivity index (χ4n) is 0.515. The summed E-state index contributed by atoms with van der Waals surface area (Å²) in [6, 6.07) is 0. The SMILES string of the molecule is CNCCC#CC(C)(C)C. The van der Waals surface area contributed by atoms with E-state index < -0.39 is 0 Å². The Morgan fingerprint density at radius 1 is 1.30 bits per heavy atom. The predicted molar refractivity (Wildman–Crippen MR) is 45.8 cm³/mol. The second-order valence-corrected chi connectivity index (χ2v) is 3.41. The van der Waals surface area contributed by atoms with Gasteiger partial charge in [0.15, 0.2) is 0 Å². The Morgan fingerprint density at radius 2 is 1.90 bits per heavy atom. The summed E-state index contributed by atoms with van der Waals surface area (Å²) in [4.78, 5) is 0. The third-order valence-electron chi connectivity index (χ3n) is 0.963. The van der Waals surface area contributed by atoms with Crippen LogP contribution in [0.4, 0.5) is 0 Å². The van der Waals surface area contributed by atoms with Crippen LogP contribution in [0, 0.1) is 17.3 Å². The van der Waals surface area contributed by atoms with Crippen LogP contribution in [-0.4, -0.2) is 13.6 Å². The zero-order valence-corrected chi connectivity index (χ0v) is 7.41. The molecule has 0 saturated heterocycles. The Bertz CT molecular complexity index is 131. The standard InChI is InChI=1S/C9H17N/c1-9(2,3)7-5-6-8-10-4/h10H,6,8H2,1-4H3. The average Bonchev–Trinajstić information content (AvgIpc) is 1.78. The van der Waals surface area contributed by atoms with Crippen molar-refractivity contribution in [2.45, 2.75) is 27.2 Å². The van der Waals surface area contributed by atoms with E-state index in [1.165, 1.54) is 0 Å². The van der Waals surface area contributed by atoms with Crippen molar-refractivity contribution >= 4 is 0 Å². The molecule has 0 aliphatic carbocycles. The van der Waals surface area contributed by atoms with Crippen LogP contribution in [0.1, 0.15) is 27.2 Å². The molecule has 10 heavy (non-hydrogen) atoms. The van der Waals surface area contributed by atoms with Crippen LogP contribution in [0.5, 0.6) is 0 Å². The van der Waals surface area contributed by atoms with E-state index in [1.807, 2.05) is 7.05 Å². The second-order valence-electron chi connectivity index (χ2n) is 3.41. The highest BCUT2D eigenvalue weighted by molar-refractivity contribution is 5.07. The van der Waals surface area contributed by atoms with Gasteiger partial charge < -0.3 is 5.32 Å². The Morgan fingerprint density at radius 3 is 2.30 bits per heavy atom. The van der Waals surface area contributed by atoms with Crippen LogP contribution in [-0.2, 0) is 0 Å². The first-order valence-corrected chi connectivity index (χ1v) is 3.71. The molecular weight excluding hydrogens is 122 g/mol. The van der Waals surface area contributed by atoms with Crippen LogP contribution in [0.2, 0.25) is 0 Å². The third kappa shape index (κ3) is 7.52. The Kier molecular flexibility index (Phi) is 4.14. The highest BCUT2D eigenvalue weighted by Crippen LogP contribution is 2.09. The van der Waals surface area contributed by atoms with Gasteiger partial charge in [-0.25, -0.2) is 0 Å². The molecule has 0 atom stereocenters. The summed E-state index contributed by atoms with van der Waals surface area (Å²) in [5, 5.41) is 3.05. The van der Waals surface area contributed by atoms with Gasteiger partial charge in [-0.05, 0) is 27.8 Å². The van der Waals surface area contributed by atoms with Gasteiger partial charge in [0.1, 0.15) is 0 Å². The maximum atomic E-state index is 3.17. The molecule has 0 aromatic rings. The summed E-state index contributed by atoms with van der Waals surface area (Å²) in [7, 11) is 1.94. The van der Waals surface area contributed by atoms with Gasteiger partial charge in [-0.2, -0.15) is 0 Å².